The summed E-state index contributed by atoms with van der Waals surface area (Å²) in [5.74, 6) is 2.25. The summed E-state index contributed by atoms with van der Waals surface area (Å²) < 4.78 is 13.9. The molecule has 40 heavy (non-hydrogen) atoms. The van der Waals surface area contributed by atoms with Gasteiger partial charge in [-0.3, -0.25) is 0 Å². The zero-order valence-corrected chi connectivity index (χ0v) is 28.5. The first-order chi connectivity index (χ1) is 18.2. The molecule has 0 heterocycles. The summed E-state index contributed by atoms with van der Waals surface area (Å²) in [7, 11) is -1.44. The Hall–Kier alpha value is -2.31. The van der Waals surface area contributed by atoms with Crippen molar-refractivity contribution in [3.05, 3.63) is 88.5 Å². The molecule has 0 radical (unpaired) electrons. The largest absolute Gasteiger partial charge is 0.435 e. The number of benzene rings is 3. The van der Waals surface area contributed by atoms with Crippen LogP contribution in [0.1, 0.15) is 131 Å². The molecule has 0 aliphatic heterocycles. The summed E-state index contributed by atoms with van der Waals surface area (Å²) in [5, 5.41) is 1.07. The van der Waals surface area contributed by atoms with Gasteiger partial charge in [0.25, 0.3) is 0 Å². The zero-order valence-electron chi connectivity index (χ0n) is 27.6. The Bertz CT molecular complexity index is 1210. The van der Waals surface area contributed by atoms with E-state index in [0.29, 0.717) is 5.92 Å². The Labute approximate surface area is 246 Å². The number of hydrogen-bond acceptors (Lipinski definition) is 2. The van der Waals surface area contributed by atoms with Crippen LogP contribution in [0.5, 0.6) is 11.5 Å². The SMILES string of the molecule is CC(C)c1ccc(P(Oc2ccc(C(C)(C)C)cc2C(C)(C)C)Oc2ccc(C(C)(C)C)cc2C(C)(C)C)cc1. The van der Waals surface area contributed by atoms with Gasteiger partial charge in [-0.05, 0) is 68.5 Å². The summed E-state index contributed by atoms with van der Waals surface area (Å²) in [6.45, 7) is 31.5. The molecule has 3 heteroatoms. The zero-order chi connectivity index (χ0) is 30.3. The maximum Gasteiger partial charge on any atom is 0.326 e. The van der Waals surface area contributed by atoms with E-state index in [1.165, 1.54) is 27.8 Å². The summed E-state index contributed by atoms with van der Waals surface area (Å²) >= 11 is 0. The fraction of sp³-hybridized carbons (Fsp3) is 0.514. The second-order valence-corrected chi connectivity index (χ2v) is 17.0. The first-order valence-electron chi connectivity index (χ1n) is 14.7. The van der Waals surface area contributed by atoms with Crippen LogP contribution in [0.4, 0.5) is 0 Å². The molecule has 0 aliphatic carbocycles. The molecule has 0 spiro atoms. The highest BCUT2D eigenvalue weighted by Gasteiger charge is 2.29. The molecular formula is C37H53O2P. The molecule has 3 aromatic rings. The van der Waals surface area contributed by atoms with Crippen LogP contribution >= 0.6 is 8.38 Å². The predicted molar refractivity (Wildman–Crippen MR) is 176 cm³/mol. The van der Waals surface area contributed by atoms with Gasteiger partial charge in [0, 0.05) is 11.1 Å². The quantitative estimate of drug-likeness (QED) is 0.279. The Morgan fingerprint density at radius 1 is 0.500 bits per heavy atom. The maximum atomic E-state index is 6.94. The Balaban J connectivity index is 2.16. The van der Waals surface area contributed by atoms with Gasteiger partial charge in [-0.15, -0.1) is 0 Å². The summed E-state index contributed by atoms with van der Waals surface area (Å²) in [4.78, 5) is 0. The highest BCUT2D eigenvalue weighted by Crippen LogP contribution is 2.47. The normalized spacial score (nSPS) is 13.2. The van der Waals surface area contributed by atoms with Gasteiger partial charge in [0.15, 0.2) is 0 Å². The van der Waals surface area contributed by atoms with Gasteiger partial charge in [0.1, 0.15) is 11.5 Å². The van der Waals surface area contributed by atoms with Gasteiger partial charge in [-0.2, -0.15) is 0 Å². The summed E-state index contributed by atoms with van der Waals surface area (Å²) in [6, 6.07) is 22.1. The van der Waals surface area contributed by atoms with Gasteiger partial charge in [0.2, 0.25) is 0 Å². The van der Waals surface area contributed by atoms with E-state index < -0.39 is 8.38 Å². The average Bonchev–Trinajstić information content (AvgIpc) is 2.81. The number of hydrogen-bond donors (Lipinski definition) is 0. The van der Waals surface area contributed by atoms with Crippen molar-refractivity contribution in [3.8, 4) is 11.5 Å². The lowest BCUT2D eigenvalue weighted by molar-refractivity contribution is 0.466. The minimum absolute atomic E-state index is 0.0584. The van der Waals surface area contributed by atoms with E-state index in [0.717, 1.165) is 16.8 Å². The molecule has 0 saturated heterocycles. The smallest absolute Gasteiger partial charge is 0.326 e. The van der Waals surface area contributed by atoms with Crippen molar-refractivity contribution in [1.29, 1.82) is 0 Å². The van der Waals surface area contributed by atoms with Crippen molar-refractivity contribution in [2.45, 2.75) is 125 Å². The molecule has 0 unspecified atom stereocenters. The highest BCUT2D eigenvalue weighted by molar-refractivity contribution is 7.56. The highest BCUT2D eigenvalue weighted by atomic mass is 31.2. The van der Waals surface area contributed by atoms with Gasteiger partial charge in [-0.1, -0.05) is 133 Å². The monoisotopic (exact) mass is 560 g/mol. The Kier molecular flexibility index (Phi) is 9.28. The van der Waals surface area contributed by atoms with E-state index in [1.54, 1.807) is 0 Å². The first-order valence-corrected chi connectivity index (χ1v) is 15.9. The van der Waals surface area contributed by atoms with Crippen LogP contribution in [-0.4, -0.2) is 0 Å². The topological polar surface area (TPSA) is 18.5 Å². The average molecular weight is 561 g/mol. The lowest BCUT2D eigenvalue weighted by Gasteiger charge is -2.30. The third-order valence-electron chi connectivity index (χ3n) is 7.44. The molecule has 0 fully saturated rings. The molecule has 0 aliphatic rings. The molecule has 0 N–H and O–H groups in total. The molecule has 0 aromatic heterocycles. The van der Waals surface area contributed by atoms with Gasteiger partial charge >= 0.3 is 8.38 Å². The molecule has 218 valence electrons. The third-order valence-corrected chi connectivity index (χ3v) is 8.89. The summed E-state index contributed by atoms with van der Waals surface area (Å²) in [6.07, 6.45) is 0. The van der Waals surface area contributed by atoms with Crippen molar-refractivity contribution >= 4 is 13.7 Å². The fourth-order valence-corrected chi connectivity index (χ4v) is 5.92. The van der Waals surface area contributed by atoms with E-state index in [2.05, 4.69) is 158 Å². The fourth-order valence-electron chi connectivity index (χ4n) is 4.61. The number of rotatable bonds is 6. The van der Waals surface area contributed by atoms with E-state index in [-0.39, 0.29) is 21.7 Å². The molecule has 3 rings (SSSR count). The van der Waals surface area contributed by atoms with E-state index in [9.17, 15) is 0 Å². The molecule has 0 bridgehead atoms. The second-order valence-electron chi connectivity index (χ2n) is 15.6. The summed E-state index contributed by atoms with van der Waals surface area (Å²) in [5.41, 5.74) is 6.30. The molecule has 3 aromatic carbocycles. The van der Waals surface area contributed by atoms with E-state index >= 15 is 0 Å². The second kappa shape index (κ2) is 11.5. The van der Waals surface area contributed by atoms with E-state index in [4.69, 9.17) is 9.05 Å². The van der Waals surface area contributed by atoms with Gasteiger partial charge in [0.05, 0.1) is 5.30 Å². The lowest BCUT2D eigenvalue weighted by Crippen LogP contribution is -2.20. The van der Waals surface area contributed by atoms with Crippen LogP contribution in [0.3, 0.4) is 0 Å². The Morgan fingerprint density at radius 3 is 1.18 bits per heavy atom. The van der Waals surface area contributed by atoms with Crippen LogP contribution in [-0.2, 0) is 21.7 Å². The predicted octanol–water partition coefficient (Wildman–Crippen LogP) is 11.1. The van der Waals surface area contributed by atoms with Crippen molar-refractivity contribution in [3.63, 3.8) is 0 Å². The first kappa shape index (κ1) is 32.2. The Morgan fingerprint density at radius 2 is 0.875 bits per heavy atom. The molecular weight excluding hydrogens is 507 g/mol. The third kappa shape index (κ3) is 7.91. The van der Waals surface area contributed by atoms with Crippen LogP contribution in [0.2, 0.25) is 0 Å². The van der Waals surface area contributed by atoms with Crippen LogP contribution in [0.25, 0.3) is 0 Å². The minimum atomic E-state index is -1.44. The van der Waals surface area contributed by atoms with Crippen LogP contribution in [0, 0.1) is 0 Å². The standard InChI is InChI=1S/C37H53O2P/c1-25(2)26-15-19-29(20-16-26)40(38-32-21-17-27(34(3,4)5)23-30(32)36(9,10)11)39-33-22-18-28(35(6,7)8)24-31(33)37(12,13)14/h15-25H,1-14H3. The molecule has 0 saturated carbocycles. The van der Waals surface area contributed by atoms with Crippen molar-refractivity contribution in [2.24, 2.45) is 0 Å². The van der Waals surface area contributed by atoms with Crippen molar-refractivity contribution in [2.75, 3.05) is 0 Å². The van der Waals surface area contributed by atoms with Crippen LogP contribution in [0.15, 0.2) is 60.7 Å². The molecule has 0 atom stereocenters. The van der Waals surface area contributed by atoms with Gasteiger partial charge < -0.3 is 9.05 Å². The van der Waals surface area contributed by atoms with Gasteiger partial charge in [-0.25, -0.2) is 0 Å². The maximum absolute atomic E-state index is 6.94. The lowest BCUT2D eigenvalue weighted by atomic mass is 9.80. The van der Waals surface area contributed by atoms with E-state index in [1.807, 2.05) is 0 Å². The van der Waals surface area contributed by atoms with Crippen molar-refractivity contribution < 1.29 is 9.05 Å². The molecule has 0 amide bonds. The minimum Gasteiger partial charge on any atom is -0.435 e. The molecule has 2 nitrogen and oxygen atoms in total. The van der Waals surface area contributed by atoms with Crippen molar-refractivity contribution in [1.82, 2.24) is 0 Å². The van der Waals surface area contributed by atoms with Crippen LogP contribution < -0.4 is 14.4 Å².